The number of quaternary nitrogens is 1. The highest BCUT2D eigenvalue weighted by Crippen LogP contribution is 2.31. The van der Waals surface area contributed by atoms with Gasteiger partial charge in [0.25, 0.3) is 5.91 Å². The standard InChI is InChI=1S/C19H24N2O5/c1-3-26-19(24)13-7-6-10-20(12-13)15-11-17(22)21(18(15)23)14-8-4-5-9-16(14)25-2/h4-5,8-9,13,15H,3,6-7,10-12H2,1-2H3/p+1/t13-,15-/m0/s1. The van der Waals surface area contributed by atoms with Gasteiger partial charge >= 0.3 is 5.97 Å². The number of para-hydroxylation sites is 2. The van der Waals surface area contributed by atoms with E-state index in [0.717, 1.165) is 24.3 Å². The summed E-state index contributed by atoms with van der Waals surface area (Å²) in [6.07, 6.45) is 1.76. The molecule has 1 N–H and O–H groups in total. The molecular weight excluding hydrogens is 336 g/mol. The monoisotopic (exact) mass is 361 g/mol. The molecule has 26 heavy (non-hydrogen) atoms. The Kier molecular flexibility index (Phi) is 5.56. The van der Waals surface area contributed by atoms with Crippen LogP contribution in [-0.4, -0.2) is 50.6 Å². The van der Waals surface area contributed by atoms with Gasteiger partial charge in [0.15, 0.2) is 6.04 Å². The predicted octanol–water partition coefficient (Wildman–Crippen LogP) is 0.185. The topological polar surface area (TPSA) is 77.3 Å². The van der Waals surface area contributed by atoms with E-state index in [1.54, 1.807) is 31.2 Å². The number of amides is 2. The molecule has 1 unspecified atom stereocenters. The lowest BCUT2D eigenvalue weighted by Gasteiger charge is -2.31. The summed E-state index contributed by atoms with van der Waals surface area (Å²) in [5.74, 6) is -0.368. The number of hydrogen-bond acceptors (Lipinski definition) is 5. The number of ether oxygens (including phenoxy) is 2. The molecule has 2 saturated heterocycles. The van der Waals surface area contributed by atoms with Crippen molar-refractivity contribution in [3.05, 3.63) is 24.3 Å². The maximum absolute atomic E-state index is 13.0. The van der Waals surface area contributed by atoms with Crippen LogP contribution in [0.4, 0.5) is 5.69 Å². The minimum atomic E-state index is -0.454. The molecule has 0 aromatic heterocycles. The molecule has 2 aliphatic heterocycles. The summed E-state index contributed by atoms with van der Waals surface area (Å²) in [4.78, 5) is 39.8. The molecule has 0 aliphatic carbocycles. The lowest BCUT2D eigenvalue weighted by Crippen LogP contribution is -3.18. The summed E-state index contributed by atoms with van der Waals surface area (Å²) in [6, 6.07) is 6.56. The first-order valence-corrected chi connectivity index (χ1v) is 9.07. The average molecular weight is 361 g/mol. The van der Waals surface area contributed by atoms with Crippen molar-refractivity contribution in [1.82, 2.24) is 0 Å². The Balaban J connectivity index is 1.77. The molecule has 2 heterocycles. The van der Waals surface area contributed by atoms with Gasteiger partial charge in [0.1, 0.15) is 11.7 Å². The first kappa shape index (κ1) is 18.4. The van der Waals surface area contributed by atoms with Gasteiger partial charge in [0.05, 0.1) is 38.9 Å². The van der Waals surface area contributed by atoms with E-state index in [0.29, 0.717) is 24.6 Å². The number of rotatable bonds is 5. The second-order valence-corrected chi connectivity index (χ2v) is 6.70. The summed E-state index contributed by atoms with van der Waals surface area (Å²) < 4.78 is 10.4. The number of benzene rings is 1. The largest absolute Gasteiger partial charge is 0.495 e. The van der Waals surface area contributed by atoms with Gasteiger partial charge in [-0.2, -0.15) is 0 Å². The van der Waals surface area contributed by atoms with Gasteiger partial charge in [0.2, 0.25) is 5.91 Å². The number of hydrogen-bond donors (Lipinski definition) is 1. The van der Waals surface area contributed by atoms with E-state index >= 15 is 0 Å². The molecular formula is C19H25N2O5+. The number of carbonyl (C=O) groups excluding carboxylic acids is 3. The van der Waals surface area contributed by atoms with Crippen LogP contribution >= 0.6 is 0 Å². The zero-order chi connectivity index (χ0) is 18.7. The molecule has 0 bridgehead atoms. The number of nitrogens with zero attached hydrogens (tertiary/aromatic N) is 1. The molecule has 0 spiro atoms. The summed E-state index contributed by atoms with van der Waals surface area (Å²) in [7, 11) is 1.52. The SMILES string of the molecule is CCOC(=O)[C@H]1CCC[NH+]([C@H]2CC(=O)N(c3ccccc3OC)C2=O)C1. The molecule has 7 heteroatoms. The molecule has 1 aromatic rings. The van der Waals surface area contributed by atoms with Gasteiger partial charge < -0.3 is 14.4 Å². The molecule has 2 fully saturated rings. The highest BCUT2D eigenvalue weighted by Gasteiger charge is 2.48. The van der Waals surface area contributed by atoms with Crippen LogP contribution in [0.25, 0.3) is 0 Å². The summed E-state index contributed by atoms with van der Waals surface area (Å²) in [6.45, 7) is 3.45. The zero-order valence-electron chi connectivity index (χ0n) is 15.2. The number of likely N-dealkylation sites (tertiary alicyclic amines) is 1. The van der Waals surface area contributed by atoms with E-state index in [9.17, 15) is 14.4 Å². The Morgan fingerprint density at radius 1 is 1.31 bits per heavy atom. The van der Waals surface area contributed by atoms with Gasteiger partial charge in [-0.3, -0.25) is 14.4 Å². The lowest BCUT2D eigenvalue weighted by molar-refractivity contribution is -0.922. The molecule has 2 aliphatic rings. The average Bonchev–Trinajstić information content (AvgIpc) is 2.96. The molecule has 2 amide bonds. The van der Waals surface area contributed by atoms with Crippen LogP contribution in [0.2, 0.25) is 0 Å². The Labute approximate surface area is 152 Å². The first-order valence-electron chi connectivity index (χ1n) is 9.07. The molecule has 3 atom stereocenters. The van der Waals surface area contributed by atoms with Crippen molar-refractivity contribution in [3.8, 4) is 5.75 Å². The third kappa shape index (κ3) is 3.44. The number of methoxy groups -OCH3 is 1. The van der Waals surface area contributed by atoms with Crippen molar-refractivity contribution in [2.75, 3.05) is 31.7 Å². The summed E-state index contributed by atoms with van der Waals surface area (Å²) in [5.41, 5.74) is 0.478. The lowest BCUT2D eigenvalue weighted by atomic mass is 9.96. The van der Waals surface area contributed by atoms with Crippen molar-refractivity contribution in [2.45, 2.75) is 32.2 Å². The number of imide groups is 1. The van der Waals surface area contributed by atoms with Gasteiger partial charge in [-0.15, -0.1) is 0 Å². The maximum Gasteiger partial charge on any atom is 0.314 e. The number of carbonyl (C=O) groups is 3. The Bertz CT molecular complexity index is 705. The van der Waals surface area contributed by atoms with E-state index in [1.165, 1.54) is 12.0 Å². The van der Waals surface area contributed by atoms with Gasteiger partial charge in [-0.05, 0) is 31.9 Å². The number of nitrogens with one attached hydrogen (secondary N) is 1. The van der Waals surface area contributed by atoms with E-state index < -0.39 is 6.04 Å². The number of esters is 1. The number of anilines is 1. The fourth-order valence-corrected chi connectivity index (χ4v) is 3.89. The maximum atomic E-state index is 13.0. The third-order valence-electron chi connectivity index (χ3n) is 5.14. The Hall–Kier alpha value is -2.41. The van der Waals surface area contributed by atoms with Crippen LogP contribution < -0.4 is 14.5 Å². The fraction of sp³-hybridized carbons (Fsp3) is 0.526. The van der Waals surface area contributed by atoms with Crippen molar-refractivity contribution in [1.29, 1.82) is 0 Å². The molecule has 140 valence electrons. The van der Waals surface area contributed by atoms with Crippen LogP contribution in [0.15, 0.2) is 24.3 Å². The van der Waals surface area contributed by atoms with Gasteiger partial charge in [0, 0.05) is 0 Å². The predicted molar refractivity (Wildman–Crippen MR) is 93.9 cm³/mol. The Morgan fingerprint density at radius 2 is 2.08 bits per heavy atom. The van der Waals surface area contributed by atoms with Gasteiger partial charge in [-0.25, -0.2) is 4.90 Å². The smallest absolute Gasteiger partial charge is 0.314 e. The minimum Gasteiger partial charge on any atom is -0.495 e. The molecule has 7 nitrogen and oxygen atoms in total. The van der Waals surface area contributed by atoms with Crippen LogP contribution in [0.3, 0.4) is 0 Å². The van der Waals surface area contributed by atoms with Crippen molar-refractivity contribution >= 4 is 23.5 Å². The van der Waals surface area contributed by atoms with E-state index in [4.69, 9.17) is 9.47 Å². The summed E-state index contributed by atoms with van der Waals surface area (Å²) >= 11 is 0. The number of piperidine rings is 1. The zero-order valence-corrected chi connectivity index (χ0v) is 15.2. The van der Waals surface area contributed by atoms with Gasteiger partial charge in [-0.1, -0.05) is 12.1 Å². The fourth-order valence-electron chi connectivity index (χ4n) is 3.89. The van der Waals surface area contributed by atoms with Crippen molar-refractivity contribution in [3.63, 3.8) is 0 Å². The van der Waals surface area contributed by atoms with Crippen LogP contribution in [0, 0.1) is 5.92 Å². The quantitative estimate of drug-likeness (QED) is 0.598. The van der Waals surface area contributed by atoms with Crippen LogP contribution in [0.5, 0.6) is 5.75 Å². The van der Waals surface area contributed by atoms with Crippen molar-refractivity contribution < 1.29 is 28.8 Å². The first-order chi connectivity index (χ1) is 12.6. The van der Waals surface area contributed by atoms with Crippen LogP contribution in [0.1, 0.15) is 26.2 Å². The van der Waals surface area contributed by atoms with Crippen molar-refractivity contribution in [2.24, 2.45) is 5.92 Å². The highest BCUT2D eigenvalue weighted by molar-refractivity contribution is 6.22. The van der Waals surface area contributed by atoms with E-state index in [1.807, 2.05) is 0 Å². The minimum absolute atomic E-state index is 0.155. The van der Waals surface area contributed by atoms with E-state index in [-0.39, 0.29) is 30.1 Å². The van der Waals surface area contributed by atoms with E-state index in [2.05, 4.69) is 0 Å². The molecule has 1 aromatic carbocycles. The summed E-state index contributed by atoms with van der Waals surface area (Å²) in [5, 5.41) is 0. The highest BCUT2D eigenvalue weighted by atomic mass is 16.5. The third-order valence-corrected chi connectivity index (χ3v) is 5.14. The molecule has 3 rings (SSSR count). The normalized spacial score (nSPS) is 26.1. The Morgan fingerprint density at radius 3 is 2.81 bits per heavy atom. The van der Waals surface area contributed by atoms with Crippen LogP contribution in [-0.2, 0) is 19.1 Å². The second kappa shape index (κ2) is 7.86. The molecule has 0 saturated carbocycles. The second-order valence-electron chi connectivity index (χ2n) is 6.70. The molecule has 0 radical (unpaired) electrons.